The Kier molecular flexibility index (Phi) is 3.77. The molecule has 1 aliphatic heterocycles. The monoisotopic (exact) mass is 287 g/mol. The summed E-state index contributed by atoms with van der Waals surface area (Å²) in [5.74, 6) is 0.138. The SMILES string of the molecule is C[C@H](Cn1cccn1)C(=O)N1CCC[C@H]1c1cnn(C)c1. The van der Waals surface area contributed by atoms with Gasteiger partial charge in [-0.2, -0.15) is 10.2 Å². The van der Waals surface area contributed by atoms with Crippen molar-refractivity contribution >= 4 is 5.91 Å². The lowest BCUT2D eigenvalue weighted by Crippen LogP contribution is -2.36. The molecule has 1 saturated heterocycles. The second kappa shape index (κ2) is 5.71. The molecule has 0 saturated carbocycles. The van der Waals surface area contributed by atoms with Crippen LogP contribution in [0.5, 0.6) is 0 Å². The Morgan fingerprint density at radius 1 is 1.48 bits per heavy atom. The van der Waals surface area contributed by atoms with Crippen LogP contribution in [0.25, 0.3) is 0 Å². The first kappa shape index (κ1) is 13.9. The zero-order valence-corrected chi connectivity index (χ0v) is 12.5. The Bertz CT molecular complexity index is 603. The lowest BCUT2D eigenvalue weighted by Gasteiger charge is -2.27. The van der Waals surface area contributed by atoms with E-state index in [4.69, 9.17) is 0 Å². The highest BCUT2D eigenvalue weighted by molar-refractivity contribution is 5.79. The van der Waals surface area contributed by atoms with Crippen LogP contribution in [0.15, 0.2) is 30.9 Å². The minimum atomic E-state index is -0.0674. The van der Waals surface area contributed by atoms with E-state index in [1.165, 1.54) is 0 Å². The summed E-state index contributed by atoms with van der Waals surface area (Å²) >= 11 is 0. The number of carbonyl (C=O) groups excluding carboxylic acids is 1. The average Bonchev–Trinajstić information content (AvgIpc) is 3.17. The predicted molar refractivity (Wildman–Crippen MR) is 78.3 cm³/mol. The molecule has 112 valence electrons. The molecule has 0 bridgehead atoms. The number of aromatic nitrogens is 4. The fourth-order valence-electron chi connectivity index (χ4n) is 3.04. The van der Waals surface area contributed by atoms with Gasteiger partial charge in [-0.15, -0.1) is 0 Å². The molecule has 1 amide bonds. The molecule has 21 heavy (non-hydrogen) atoms. The van der Waals surface area contributed by atoms with Crippen LogP contribution in [-0.4, -0.2) is 36.9 Å². The lowest BCUT2D eigenvalue weighted by atomic mass is 10.1. The van der Waals surface area contributed by atoms with Crippen molar-refractivity contribution in [2.45, 2.75) is 32.4 Å². The van der Waals surface area contributed by atoms with Crippen LogP contribution < -0.4 is 0 Å². The van der Waals surface area contributed by atoms with E-state index >= 15 is 0 Å². The number of hydrogen-bond donors (Lipinski definition) is 0. The molecule has 3 heterocycles. The minimum absolute atomic E-state index is 0.0674. The van der Waals surface area contributed by atoms with Crippen LogP contribution in [0.1, 0.15) is 31.4 Å². The van der Waals surface area contributed by atoms with Gasteiger partial charge in [0.15, 0.2) is 0 Å². The molecule has 3 rings (SSSR count). The maximum absolute atomic E-state index is 12.7. The summed E-state index contributed by atoms with van der Waals surface area (Å²) in [6.07, 6.45) is 9.59. The molecule has 1 fully saturated rings. The van der Waals surface area contributed by atoms with Crippen LogP contribution in [-0.2, 0) is 18.4 Å². The van der Waals surface area contributed by atoms with Gasteiger partial charge in [0, 0.05) is 37.7 Å². The van der Waals surface area contributed by atoms with Gasteiger partial charge in [0.2, 0.25) is 5.91 Å². The lowest BCUT2D eigenvalue weighted by molar-refractivity contribution is -0.136. The van der Waals surface area contributed by atoms with E-state index in [0.717, 1.165) is 24.9 Å². The molecular weight excluding hydrogens is 266 g/mol. The Balaban J connectivity index is 1.70. The van der Waals surface area contributed by atoms with Crippen molar-refractivity contribution in [2.24, 2.45) is 13.0 Å². The van der Waals surface area contributed by atoms with Gasteiger partial charge in [-0.25, -0.2) is 0 Å². The van der Waals surface area contributed by atoms with E-state index < -0.39 is 0 Å². The van der Waals surface area contributed by atoms with E-state index in [0.29, 0.717) is 6.54 Å². The van der Waals surface area contributed by atoms with Gasteiger partial charge in [0.25, 0.3) is 0 Å². The standard InChI is InChI=1S/C15H21N5O/c1-12(10-19-7-4-6-16-19)15(21)20-8-3-5-14(20)13-9-17-18(2)11-13/h4,6-7,9,11-12,14H,3,5,8,10H2,1-2H3/t12-,14+/m1/s1. The van der Waals surface area contributed by atoms with Crippen molar-refractivity contribution in [1.29, 1.82) is 0 Å². The topological polar surface area (TPSA) is 56.0 Å². The summed E-state index contributed by atoms with van der Waals surface area (Å²) < 4.78 is 3.61. The van der Waals surface area contributed by atoms with Gasteiger partial charge in [-0.3, -0.25) is 14.2 Å². The Labute approximate surface area is 124 Å². The van der Waals surface area contributed by atoms with Crippen LogP contribution in [0, 0.1) is 5.92 Å². The second-order valence-corrected chi connectivity index (χ2v) is 5.77. The molecule has 6 heteroatoms. The van der Waals surface area contributed by atoms with Crippen molar-refractivity contribution in [3.63, 3.8) is 0 Å². The van der Waals surface area contributed by atoms with Crippen LogP contribution in [0.3, 0.4) is 0 Å². The third kappa shape index (κ3) is 2.84. The zero-order valence-electron chi connectivity index (χ0n) is 12.5. The zero-order chi connectivity index (χ0) is 14.8. The number of likely N-dealkylation sites (tertiary alicyclic amines) is 1. The smallest absolute Gasteiger partial charge is 0.227 e. The summed E-state index contributed by atoms with van der Waals surface area (Å²) in [6, 6.07) is 2.05. The fraction of sp³-hybridized carbons (Fsp3) is 0.533. The number of hydrogen-bond acceptors (Lipinski definition) is 3. The second-order valence-electron chi connectivity index (χ2n) is 5.77. The van der Waals surface area contributed by atoms with Crippen molar-refractivity contribution in [1.82, 2.24) is 24.5 Å². The highest BCUT2D eigenvalue weighted by Crippen LogP contribution is 2.32. The number of nitrogens with zero attached hydrogens (tertiary/aromatic N) is 5. The maximum atomic E-state index is 12.7. The van der Waals surface area contributed by atoms with Crippen LogP contribution >= 0.6 is 0 Å². The molecule has 2 aromatic heterocycles. The first-order chi connectivity index (χ1) is 10.1. The van der Waals surface area contributed by atoms with Crippen LogP contribution in [0.2, 0.25) is 0 Å². The van der Waals surface area contributed by atoms with E-state index in [1.807, 2.05) is 48.2 Å². The van der Waals surface area contributed by atoms with Gasteiger partial charge >= 0.3 is 0 Å². The Hall–Kier alpha value is -2.11. The summed E-state index contributed by atoms with van der Waals surface area (Å²) in [5, 5.41) is 8.40. The molecule has 2 aromatic rings. The summed E-state index contributed by atoms with van der Waals surface area (Å²) in [4.78, 5) is 14.7. The van der Waals surface area contributed by atoms with E-state index in [1.54, 1.807) is 10.9 Å². The molecule has 1 aliphatic rings. The van der Waals surface area contributed by atoms with Crippen molar-refractivity contribution < 1.29 is 4.79 Å². The van der Waals surface area contributed by atoms with Crippen LogP contribution in [0.4, 0.5) is 0 Å². The molecule has 6 nitrogen and oxygen atoms in total. The molecule has 0 aliphatic carbocycles. The quantitative estimate of drug-likeness (QED) is 0.858. The molecule has 0 N–H and O–H groups in total. The number of aryl methyl sites for hydroxylation is 1. The molecule has 0 aromatic carbocycles. The summed E-state index contributed by atoms with van der Waals surface area (Å²) in [6.45, 7) is 3.44. The first-order valence-electron chi connectivity index (χ1n) is 7.41. The highest BCUT2D eigenvalue weighted by atomic mass is 16.2. The number of rotatable bonds is 4. The Morgan fingerprint density at radius 3 is 3.00 bits per heavy atom. The predicted octanol–water partition coefficient (Wildman–Crippen LogP) is 1.62. The summed E-state index contributed by atoms with van der Waals surface area (Å²) in [5.41, 5.74) is 1.13. The van der Waals surface area contributed by atoms with Crippen molar-refractivity contribution in [2.75, 3.05) is 6.54 Å². The van der Waals surface area contributed by atoms with Gasteiger partial charge in [-0.1, -0.05) is 6.92 Å². The largest absolute Gasteiger partial charge is 0.335 e. The third-order valence-electron chi connectivity index (χ3n) is 4.09. The molecular formula is C15H21N5O. The van der Waals surface area contributed by atoms with Crippen molar-refractivity contribution in [3.8, 4) is 0 Å². The first-order valence-corrected chi connectivity index (χ1v) is 7.41. The normalized spacial score (nSPS) is 19.9. The Morgan fingerprint density at radius 2 is 2.33 bits per heavy atom. The van der Waals surface area contributed by atoms with Crippen molar-refractivity contribution in [3.05, 3.63) is 36.4 Å². The van der Waals surface area contributed by atoms with E-state index in [9.17, 15) is 4.79 Å². The third-order valence-corrected chi connectivity index (χ3v) is 4.09. The van der Waals surface area contributed by atoms with E-state index in [2.05, 4.69) is 10.2 Å². The number of carbonyl (C=O) groups is 1. The maximum Gasteiger partial charge on any atom is 0.227 e. The van der Waals surface area contributed by atoms with Gasteiger partial charge < -0.3 is 4.90 Å². The number of amides is 1. The van der Waals surface area contributed by atoms with Gasteiger partial charge in [0.05, 0.1) is 24.7 Å². The molecule has 0 unspecified atom stereocenters. The summed E-state index contributed by atoms with van der Waals surface area (Å²) in [7, 11) is 1.91. The molecule has 2 atom stereocenters. The van der Waals surface area contributed by atoms with E-state index in [-0.39, 0.29) is 17.9 Å². The fourth-order valence-corrected chi connectivity index (χ4v) is 3.04. The van der Waals surface area contributed by atoms with Gasteiger partial charge in [0.1, 0.15) is 0 Å². The highest BCUT2D eigenvalue weighted by Gasteiger charge is 2.33. The molecule has 0 spiro atoms. The minimum Gasteiger partial charge on any atom is -0.335 e. The van der Waals surface area contributed by atoms with Gasteiger partial charge in [-0.05, 0) is 18.9 Å². The molecule has 0 radical (unpaired) electrons. The average molecular weight is 287 g/mol.